The second kappa shape index (κ2) is 4.54. The van der Waals surface area contributed by atoms with E-state index in [2.05, 4.69) is 10.0 Å². The Bertz CT molecular complexity index is 187. The Morgan fingerprint density at radius 1 is 1.91 bits per heavy atom. The number of aliphatic carboxylic acids is 1. The topological polar surface area (TPSA) is 112 Å². The first-order chi connectivity index (χ1) is 5.09. The van der Waals surface area contributed by atoms with Gasteiger partial charge < -0.3 is 10.8 Å². The molecule has 0 aliphatic rings. The Hall–Kier alpha value is -1.26. The highest BCUT2D eigenvalue weighted by molar-refractivity contribution is 5.73. The van der Waals surface area contributed by atoms with Crippen LogP contribution in [0.1, 0.15) is 6.92 Å². The molecule has 0 rings (SSSR count). The smallest absolute Gasteiger partial charge is 0.320 e. The number of carboxylic acids is 1. The molecule has 0 aromatic rings. The number of nitrogens with two attached hydrogens (primary N) is 1. The van der Waals surface area contributed by atoms with Gasteiger partial charge in [0, 0.05) is 11.5 Å². The van der Waals surface area contributed by atoms with Gasteiger partial charge in [0.15, 0.2) is 0 Å². The van der Waals surface area contributed by atoms with E-state index in [4.69, 9.17) is 16.4 Å². The minimum Gasteiger partial charge on any atom is -0.480 e. The molecule has 0 spiro atoms. The van der Waals surface area contributed by atoms with E-state index in [1.165, 1.54) is 0 Å². The molecular weight excluding hydrogens is 148 g/mol. The van der Waals surface area contributed by atoms with Crippen LogP contribution in [0.15, 0.2) is 5.11 Å². The number of carboxylic acid groups (broad SMARTS) is 1. The van der Waals surface area contributed by atoms with Crippen LogP contribution in [0.5, 0.6) is 0 Å². The van der Waals surface area contributed by atoms with Crippen LogP contribution in [-0.4, -0.2) is 23.7 Å². The summed E-state index contributed by atoms with van der Waals surface area (Å²) < 4.78 is 0. The lowest BCUT2D eigenvalue weighted by Crippen LogP contribution is -2.37. The van der Waals surface area contributed by atoms with Gasteiger partial charge in [0.25, 0.3) is 0 Å². The Kier molecular flexibility index (Phi) is 4.02. The standard InChI is InChI=1S/C5H10N4O2/c1-3(2-8-9-7)4(6)5(10)11/h3-4H,2,6H2,1H3,(H,10,11)/t3-,4-/m0/s1. The number of rotatable bonds is 4. The summed E-state index contributed by atoms with van der Waals surface area (Å²) in [6.07, 6.45) is 0. The van der Waals surface area contributed by atoms with Gasteiger partial charge in [-0.1, -0.05) is 12.0 Å². The lowest BCUT2D eigenvalue weighted by atomic mass is 10.0. The molecule has 0 heterocycles. The van der Waals surface area contributed by atoms with Crippen LogP contribution in [-0.2, 0) is 4.79 Å². The van der Waals surface area contributed by atoms with Crippen molar-refractivity contribution in [3.63, 3.8) is 0 Å². The van der Waals surface area contributed by atoms with Crippen LogP contribution < -0.4 is 5.73 Å². The molecular formula is C5H10N4O2. The van der Waals surface area contributed by atoms with Gasteiger partial charge in [0.2, 0.25) is 0 Å². The summed E-state index contributed by atoms with van der Waals surface area (Å²) in [5.41, 5.74) is 13.1. The quantitative estimate of drug-likeness (QED) is 0.349. The van der Waals surface area contributed by atoms with Crippen molar-refractivity contribution in [3.8, 4) is 0 Å². The van der Waals surface area contributed by atoms with Crippen molar-refractivity contribution in [2.75, 3.05) is 6.54 Å². The fourth-order valence-electron chi connectivity index (χ4n) is 0.522. The van der Waals surface area contributed by atoms with E-state index in [-0.39, 0.29) is 12.5 Å². The van der Waals surface area contributed by atoms with Crippen LogP contribution in [0.3, 0.4) is 0 Å². The van der Waals surface area contributed by atoms with Crippen molar-refractivity contribution in [2.24, 2.45) is 16.8 Å². The molecule has 0 bridgehead atoms. The number of hydrogen-bond acceptors (Lipinski definition) is 3. The van der Waals surface area contributed by atoms with E-state index < -0.39 is 12.0 Å². The summed E-state index contributed by atoms with van der Waals surface area (Å²) in [5, 5.41) is 11.6. The molecule has 0 saturated heterocycles. The molecule has 0 radical (unpaired) electrons. The van der Waals surface area contributed by atoms with Gasteiger partial charge in [-0.05, 0) is 11.4 Å². The summed E-state index contributed by atoms with van der Waals surface area (Å²) in [5.74, 6) is -1.41. The Labute approximate surface area is 63.6 Å². The minimum absolute atomic E-state index is 0.115. The zero-order chi connectivity index (χ0) is 8.85. The molecule has 0 aliphatic carbocycles. The van der Waals surface area contributed by atoms with Crippen molar-refractivity contribution in [1.29, 1.82) is 0 Å². The zero-order valence-electron chi connectivity index (χ0n) is 6.14. The Morgan fingerprint density at radius 2 is 2.45 bits per heavy atom. The maximum Gasteiger partial charge on any atom is 0.320 e. The van der Waals surface area contributed by atoms with Gasteiger partial charge >= 0.3 is 5.97 Å². The van der Waals surface area contributed by atoms with Crippen LogP contribution in [0, 0.1) is 5.92 Å². The van der Waals surface area contributed by atoms with Gasteiger partial charge in [-0.2, -0.15) is 0 Å². The molecule has 6 heteroatoms. The van der Waals surface area contributed by atoms with Crippen LogP contribution >= 0.6 is 0 Å². The first-order valence-corrected chi connectivity index (χ1v) is 3.08. The second-order valence-corrected chi connectivity index (χ2v) is 2.25. The highest BCUT2D eigenvalue weighted by atomic mass is 16.4. The van der Waals surface area contributed by atoms with Gasteiger partial charge in [-0.15, -0.1) is 0 Å². The van der Waals surface area contributed by atoms with Gasteiger partial charge in [-0.3, -0.25) is 4.79 Å². The summed E-state index contributed by atoms with van der Waals surface area (Å²) in [7, 11) is 0. The van der Waals surface area contributed by atoms with E-state index in [1.807, 2.05) is 0 Å². The van der Waals surface area contributed by atoms with E-state index in [0.717, 1.165) is 0 Å². The van der Waals surface area contributed by atoms with Crippen LogP contribution in [0.4, 0.5) is 0 Å². The van der Waals surface area contributed by atoms with Crippen molar-refractivity contribution in [2.45, 2.75) is 13.0 Å². The molecule has 0 aromatic heterocycles. The third-order valence-electron chi connectivity index (χ3n) is 1.33. The number of hydrogen-bond donors (Lipinski definition) is 2. The zero-order valence-corrected chi connectivity index (χ0v) is 6.14. The number of carbonyl (C=O) groups is 1. The Balaban J connectivity index is 3.91. The molecule has 6 nitrogen and oxygen atoms in total. The molecule has 0 fully saturated rings. The molecule has 62 valence electrons. The third kappa shape index (κ3) is 3.44. The van der Waals surface area contributed by atoms with Crippen molar-refractivity contribution < 1.29 is 9.90 Å². The largest absolute Gasteiger partial charge is 0.480 e. The predicted octanol–water partition coefficient (Wildman–Crippen LogP) is 0.345. The SMILES string of the molecule is C[C@@H](CN=[N+]=[N-])[C@H](N)C(=O)O. The van der Waals surface area contributed by atoms with Gasteiger partial charge in [0.1, 0.15) is 6.04 Å². The van der Waals surface area contributed by atoms with Crippen molar-refractivity contribution in [1.82, 2.24) is 0 Å². The number of nitrogens with zero attached hydrogens (tertiary/aromatic N) is 3. The average Bonchev–Trinajstić information content (AvgIpc) is 1.98. The van der Waals surface area contributed by atoms with Crippen LogP contribution in [0.25, 0.3) is 10.4 Å². The van der Waals surface area contributed by atoms with Gasteiger partial charge in [-0.25, -0.2) is 0 Å². The molecule has 0 amide bonds. The summed E-state index contributed by atoms with van der Waals surface area (Å²) in [6, 6.07) is -0.958. The molecule has 3 N–H and O–H groups in total. The normalized spacial score (nSPS) is 14.7. The first-order valence-electron chi connectivity index (χ1n) is 3.08. The highest BCUT2D eigenvalue weighted by Crippen LogP contribution is 2.00. The van der Waals surface area contributed by atoms with E-state index in [9.17, 15) is 4.79 Å². The lowest BCUT2D eigenvalue weighted by molar-refractivity contribution is -0.139. The molecule has 0 aromatic carbocycles. The lowest BCUT2D eigenvalue weighted by Gasteiger charge is -2.11. The summed E-state index contributed by atoms with van der Waals surface area (Å²) in [6.45, 7) is 1.73. The first kappa shape index (κ1) is 9.74. The predicted molar refractivity (Wildman–Crippen MR) is 38.8 cm³/mol. The fraction of sp³-hybridized carbons (Fsp3) is 0.800. The van der Waals surface area contributed by atoms with Crippen molar-refractivity contribution >= 4 is 5.97 Å². The monoisotopic (exact) mass is 158 g/mol. The molecule has 2 atom stereocenters. The molecule has 0 aliphatic heterocycles. The number of azide groups is 1. The van der Waals surface area contributed by atoms with Crippen LogP contribution in [0.2, 0.25) is 0 Å². The minimum atomic E-state index is -1.08. The highest BCUT2D eigenvalue weighted by Gasteiger charge is 2.18. The molecule has 0 unspecified atom stereocenters. The second-order valence-electron chi connectivity index (χ2n) is 2.25. The molecule has 11 heavy (non-hydrogen) atoms. The molecule has 0 saturated carbocycles. The third-order valence-corrected chi connectivity index (χ3v) is 1.33. The maximum absolute atomic E-state index is 10.2. The maximum atomic E-state index is 10.2. The van der Waals surface area contributed by atoms with E-state index >= 15 is 0 Å². The van der Waals surface area contributed by atoms with E-state index in [0.29, 0.717) is 0 Å². The average molecular weight is 158 g/mol. The Morgan fingerprint density at radius 3 is 2.82 bits per heavy atom. The van der Waals surface area contributed by atoms with E-state index in [1.54, 1.807) is 6.92 Å². The summed E-state index contributed by atoms with van der Waals surface area (Å²) >= 11 is 0. The summed E-state index contributed by atoms with van der Waals surface area (Å²) in [4.78, 5) is 12.7. The van der Waals surface area contributed by atoms with Gasteiger partial charge in [0.05, 0.1) is 0 Å². The fourth-order valence-corrected chi connectivity index (χ4v) is 0.522. The van der Waals surface area contributed by atoms with Crippen molar-refractivity contribution in [3.05, 3.63) is 10.4 Å².